The highest BCUT2D eigenvalue weighted by molar-refractivity contribution is 6.30. The van der Waals surface area contributed by atoms with E-state index in [4.69, 9.17) is 16.3 Å². The zero-order chi connectivity index (χ0) is 9.10. The predicted molar refractivity (Wildman–Crippen MR) is 56.2 cm³/mol. The Labute approximate surface area is 93.4 Å². The Morgan fingerprint density at radius 2 is 2.14 bits per heavy atom. The van der Waals surface area contributed by atoms with Gasteiger partial charge in [-0.3, -0.25) is 0 Å². The number of ether oxygens (including phenoxy) is 1. The summed E-state index contributed by atoms with van der Waals surface area (Å²) < 4.78 is 5.49. The van der Waals surface area contributed by atoms with Gasteiger partial charge in [-0.1, -0.05) is 11.6 Å². The minimum Gasteiger partial charge on any atom is -0.459 e. The summed E-state index contributed by atoms with van der Waals surface area (Å²) in [6.45, 7) is 1.87. The van der Waals surface area contributed by atoms with Crippen LogP contribution < -0.4 is 10.1 Å². The molecule has 2 heterocycles. The molecule has 4 nitrogen and oxygen atoms in total. The largest absolute Gasteiger partial charge is 0.459 e. The molecule has 0 spiro atoms. The van der Waals surface area contributed by atoms with Crippen molar-refractivity contribution in [3.05, 3.63) is 17.4 Å². The van der Waals surface area contributed by atoms with Crippen molar-refractivity contribution in [2.75, 3.05) is 13.1 Å². The average molecular weight is 236 g/mol. The SMILES string of the molecule is Cl.Clc1cnc(O[C@@H]2CCNC2)nc1. The molecule has 0 saturated carbocycles. The van der Waals surface area contributed by atoms with Crippen LogP contribution in [0.5, 0.6) is 6.01 Å². The van der Waals surface area contributed by atoms with Crippen molar-refractivity contribution in [2.45, 2.75) is 12.5 Å². The molecule has 0 radical (unpaired) electrons. The monoisotopic (exact) mass is 235 g/mol. The van der Waals surface area contributed by atoms with Crippen molar-refractivity contribution in [1.29, 1.82) is 0 Å². The van der Waals surface area contributed by atoms with Crippen molar-refractivity contribution in [2.24, 2.45) is 0 Å². The van der Waals surface area contributed by atoms with Crippen LogP contribution in [0.4, 0.5) is 0 Å². The Hall–Kier alpha value is -0.580. The fourth-order valence-electron chi connectivity index (χ4n) is 1.24. The smallest absolute Gasteiger partial charge is 0.316 e. The first-order valence-electron chi connectivity index (χ1n) is 4.19. The lowest BCUT2D eigenvalue weighted by molar-refractivity contribution is 0.204. The van der Waals surface area contributed by atoms with E-state index in [1.54, 1.807) is 0 Å². The third-order valence-electron chi connectivity index (χ3n) is 1.88. The summed E-state index contributed by atoms with van der Waals surface area (Å²) in [5.41, 5.74) is 0. The van der Waals surface area contributed by atoms with Crippen molar-refractivity contribution < 1.29 is 4.74 Å². The molecule has 2 rings (SSSR count). The van der Waals surface area contributed by atoms with Crippen LogP contribution in [0.25, 0.3) is 0 Å². The van der Waals surface area contributed by atoms with Gasteiger partial charge in [-0.2, -0.15) is 0 Å². The van der Waals surface area contributed by atoms with Crippen LogP contribution in [0.2, 0.25) is 5.02 Å². The molecular weight excluding hydrogens is 225 g/mol. The lowest BCUT2D eigenvalue weighted by Gasteiger charge is -2.09. The topological polar surface area (TPSA) is 47.0 Å². The summed E-state index contributed by atoms with van der Waals surface area (Å²) in [4.78, 5) is 7.90. The molecule has 14 heavy (non-hydrogen) atoms. The Kier molecular flexibility index (Phi) is 4.38. The maximum Gasteiger partial charge on any atom is 0.316 e. The Bertz CT molecular complexity index is 274. The molecule has 1 aromatic rings. The van der Waals surface area contributed by atoms with E-state index in [2.05, 4.69) is 15.3 Å². The number of halogens is 2. The first-order chi connectivity index (χ1) is 6.34. The molecule has 78 valence electrons. The second-order valence-corrected chi connectivity index (χ2v) is 3.35. The standard InChI is InChI=1S/C8H10ClN3O.ClH/c9-6-3-11-8(12-4-6)13-7-1-2-10-5-7;/h3-4,7,10H,1-2,5H2;1H/t7-;/m1./s1. The summed E-state index contributed by atoms with van der Waals surface area (Å²) >= 11 is 5.64. The van der Waals surface area contributed by atoms with E-state index in [1.807, 2.05) is 0 Å². The highest BCUT2D eigenvalue weighted by Crippen LogP contribution is 2.11. The molecule has 0 unspecified atom stereocenters. The van der Waals surface area contributed by atoms with E-state index in [9.17, 15) is 0 Å². The average Bonchev–Trinajstić information content (AvgIpc) is 2.62. The fourth-order valence-corrected chi connectivity index (χ4v) is 1.34. The summed E-state index contributed by atoms with van der Waals surface area (Å²) in [6, 6.07) is 0.401. The summed E-state index contributed by atoms with van der Waals surface area (Å²) in [5.74, 6) is 0. The van der Waals surface area contributed by atoms with Crippen molar-refractivity contribution in [3.8, 4) is 6.01 Å². The number of rotatable bonds is 2. The van der Waals surface area contributed by atoms with E-state index >= 15 is 0 Å². The molecule has 1 saturated heterocycles. The molecule has 1 aliphatic heterocycles. The zero-order valence-corrected chi connectivity index (χ0v) is 9.01. The van der Waals surface area contributed by atoms with Crippen LogP contribution in [0.3, 0.4) is 0 Å². The minimum absolute atomic E-state index is 0. The molecule has 1 aromatic heterocycles. The molecule has 1 fully saturated rings. The number of hydrogen-bond donors (Lipinski definition) is 1. The highest BCUT2D eigenvalue weighted by Gasteiger charge is 2.16. The van der Waals surface area contributed by atoms with Crippen molar-refractivity contribution in [1.82, 2.24) is 15.3 Å². The summed E-state index contributed by atoms with van der Waals surface area (Å²) in [5, 5.41) is 3.72. The molecule has 1 N–H and O–H groups in total. The van der Waals surface area contributed by atoms with Crippen LogP contribution in [-0.2, 0) is 0 Å². The van der Waals surface area contributed by atoms with Crippen LogP contribution in [0.15, 0.2) is 12.4 Å². The Morgan fingerprint density at radius 3 is 2.71 bits per heavy atom. The Balaban J connectivity index is 0.000000980. The summed E-state index contributed by atoms with van der Waals surface area (Å²) in [7, 11) is 0. The molecule has 0 amide bonds. The van der Waals surface area contributed by atoms with Gasteiger partial charge in [-0.05, 0) is 13.0 Å². The van der Waals surface area contributed by atoms with Crippen LogP contribution in [-0.4, -0.2) is 29.2 Å². The normalized spacial score (nSPS) is 20.2. The summed E-state index contributed by atoms with van der Waals surface area (Å²) in [6.07, 6.45) is 4.27. The van der Waals surface area contributed by atoms with E-state index in [-0.39, 0.29) is 18.5 Å². The second kappa shape index (κ2) is 5.34. The van der Waals surface area contributed by atoms with Gasteiger partial charge in [-0.25, -0.2) is 9.97 Å². The molecule has 0 bridgehead atoms. The molecular formula is C8H11Cl2N3O. The number of nitrogens with zero attached hydrogens (tertiary/aromatic N) is 2. The maximum absolute atomic E-state index is 5.64. The molecule has 6 heteroatoms. The zero-order valence-electron chi connectivity index (χ0n) is 7.44. The van der Waals surface area contributed by atoms with Gasteiger partial charge in [0, 0.05) is 6.54 Å². The molecule has 1 aliphatic rings. The number of aromatic nitrogens is 2. The van der Waals surface area contributed by atoms with Crippen LogP contribution in [0.1, 0.15) is 6.42 Å². The van der Waals surface area contributed by atoms with Gasteiger partial charge >= 0.3 is 6.01 Å². The molecule has 1 atom stereocenters. The van der Waals surface area contributed by atoms with Gasteiger partial charge in [0.25, 0.3) is 0 Å². The number of hydrogen-bond acceptors (Lipinski definition) is 4. The first-order valence-corrected chi connectivity index (χ1v) is 4.57. The van der Waals surface area contributed by atoms with Gasteiger partial charge in [-0.15, -0.1) is 12.4 Å². The van der Waals surface area contributed by atoms with Crippen LogP contribution >= 0.6 is 24.0 Å². The van der Waals surface area contributed by atoms with E-state index in [1.165, 1.54) is 12.4 Å². The fraction of sp³-hybridized carbons (Fsp3) is 0.500. The van der Waals surface area contributed by atoms with Gasteiger partial charge in [0.2, 0.25) is 0 Å². The van der Waals surface area contributed by atoms with Crippen molar-refractivity contribution in [3.63, 3.8) is 0 Å². The van der Waals surface area contributed by atoms with Gasteiger partial charge < -0.3 is 10.1 Å². The highest BCUT2D eigenvalue weighted by atomic mass is 35.5. The minimum atomic E-state index is 0. The number of nitrogens with one attached hydrogen (secondary N) is 1. The lowest BCUT2D eigenvalue weighted by atomic mass is 10.3. The van der Waals surface area contributed by atoms with E-state index < -0.39 is 0 Å². The van der Waals surface area contributed by atoms with Gasteiger partial charge in [0.1, 0.15) is 6.10 Å². The van der Waals surface area contributed by atoms with Gasteiger partial charge in [0.15, 0.2) is 0 Å². The molecule has 0 aliphatic carbocycles. The third-order valence-corrected chi connectivity index (χ3v) is 2.08. The second-order valence-electron chi connectivity index (χ2n) is 2.92. The lowest BCUT2D eigenvalue weighted by Crippen LogP contribution is -2.20. The quantitative estimate of drug-likeness (QED) is 0.840. The molecule has 0 aromatic carbocycles. The van der Waals surface area contributed by atoms with E-state index in [0.717, 1.165) is 19.5 Å². The van der Waals surface area contributed by atoms with Gasteiger partial charge in [0.05, 0.1) is 17.4 Å². The van der Waals surface area contributed by atoms with Crippen molar-refractivity contribution >= 4 is 24.0 Å². The van der Waals surface area contributed by atoms with E-state index in [0.29, 0.717) is 11.0 Å². The Morgan fingerprint density at radius 1 is 1.43 bits per heavy atom. The maximum atomic E-state index is 5.64. The van der Waals surface area contributed by atoms with Crippen LogP contribution in [0, 0.1) is 0 Å². The first kappa shape index (κ1) is 11.5. The predicted octanol–water partition coefficient (Wildman–Crippen LogP) is 1.29. The third kappa shape index (κ3) is 2.97.